The van der Waals surface area contributed by atoms with Crippen LogP contribution >= 0.6 is 0 Å². The number of nitrogens with two attached hydrogens (primary N) is 1. The van der Waals surface area contributed by atoms with Crippen LogP contribution < -0.4 is 5.73 Å². The molecule has 0 spiro atoms. The first-order chi connectivity index (χ1) is 6.24. The van der Waals surface area contributed by atoms with E-state index >= 15 is 0 Å². The molecular formula is C10H19NO2. The van der Waals surface area contributed by atoms with Gasteiger partial charge < -0.3 is 10.5 Å². The minimum atomic E-state index is -0.130. The number of rotatable bonds is 4. The van der Waals surface area contributed by atoms with Gasteiger partial charge in [-0.1, -0.05) is 0 Å². The minimum Gasteiger partial charge on any atom is -0.381 e. The third-order valence-corrected chi connectivity index (χ3v) is 2.81. The molecule has 0 aromatic carbocycles. The SMILES string of the molecule is CCOC[C@H]1CC[C@H](C(N)=O)CC1. The molecule has 1 amide bonds. The normalized spacial score (nSPS) is 28.7. The highest BCUT2D eigenvalue weighted by molar-refractivity contribution is 5.76. The van der Waals surface area contributed by atoms with E-state index < -0.39 is 0 Å². The number of hydrogen-bond acceptors (Lipinski definition) is 2. The summed E-state index contributed by atoms with van der Waals surface area (Å²) in [6.07, 6.45) is 4.08. The molecule has 0 aromatic rings. The van der Waals surface area contributed by atoms with Crippen LogP contribution in [0.25, 0.3) is 0 Å². The molecule has 1 rings (SSSR count). The summed E-state index contributed by atoms with van der Waals surface area (Å²) >= 11 is 0. The van der Waals surface area contributed by atoms with Gasteiger partial charge in [0.05, 0.1) is 0 Å². The minimum absolute atomic E-state index is 0.123. The van der Waals surface area contributed by atoms with Crippen LogP contribution in [0.2, 0.25) is 0 Å². The highest BCUT2D eigenvalue weighted by Gasteiger charge is 2.24. The molecule has 0 aliphatic heterocycles. The van der Waals surface area contributed by atoms with Crippen molar-refractivity contribution in [1.82, 2.24) is 0 Å². The second-order valence-electron chi connectivity index (χ2n) is 3.78. The van der Waals surface area contributed by atoms with E-state index in [0.717, 1.165) is 38.9 Å². The lowest BCUT2D eigenvalue weighted by Crippen LogP contribution is -2.28. The van der Waals surface area contributed by atoms with Crippen LogP contribution in [-0.4, -0.2) is 19.1 Å². The molecular weight excluding hydrogens is 166 g/mol. The first kappa shape index (κ1) is 10.5. The maximum absolute atomic E-state index is 10.9. The van der Waals surface area contributed by atoms with Gasteiger partial charge in [0.1, 0.15) is 0 Å². The topological polar surface area (TPSA) is 52.3 Å². The Morgan fingerprint density at radius 1 is 1.38 bits per heavy atom. The van der Waals surface area contributed by atoms with Gasteiger partial charge in [-0.3, -0.25) is 4.79 Å². The molecule has 2 N–H and O–H groups in total. The molecule has 1 aliphatic rings. The fraction of sp³-hybridized carbons (Fsp3) is 0.900. The molecule has 0 heterocycles. The fourth-order valence-electron chi connectivity index (χ4n) is 1.90. The summed E-state index contributed by atoms with van der Waals surface area (Å²) in [7, 11) is 0. The van der Waals surface area contributed by atoms with E-state index in [0.29, 0.717) is 5.92 Å². The van der Waals surface area contributed by atoms with Gasteiger partial charge in [0.15, 0.2) is 0 Å². The number of primary amides is 1. The quantitative estimate of drug-likeness (QED) is 0.718. The number of ether oxygens (including phenoxy) is 1. The molecule has 0 atom stereocenters. The van der Waals surface area contributed by atoms with E-state index in [-0.39, 0.29) is 11.8 Å². The first-order valence-electron chi connectivity index (χ1n) is 5.11. The van der Waals surface area contributed by atoms with E-state index in [1.807, 2.05) is 6.92 Å². The van der Waals surface area contributed by atoms with Crippen molar-refractivity contribution >= 4 is 5.91 Å². The zero-order valence-electron chi connectivity index (χ0n) is 8.29. The average Bonchev–Trinajstić information content (AvgIpc) is 2.15. The lowest BCUT2D eigenvalue weighted by atomic mass is 9.82. The highest BCUT2D eigenvalue weighted by Crippen LogP contribution is 2.28. The lowest BCUT2D eigenvalue weighted by Gasteiger charge is -2.26. The van der Waals surface area contributed by atoms with Crippen LogP contribution in [0.3, 0.4) is 0 Å². The van der Waals surface area contributed by atoms with Crippen LogP contribution in [0.15, 0.2) is 0 Å². The van der Waals surface area contributed by atoms with Crippen molar-refractivity contribution in [3.63, 3.8) is 0 Å². The van der Waals surface area contributed by atoms with Gasteiger partial charge in [0, 0.05) is 19.1 Å². The zero-order chi connectivity index (χ0) is 9.68. The zero-order valence-corrected chi connectivity index (χ0v) is 8.29. The standard InChI is InChI=1S/C10H19NO2/c1-2-13-7-8-3-5-9(6-4-8)10(11)12/h8-9H,2-7H2,1H3,(H2,11,12)/t8-,9-. The highest BCUT2D eigenvalue weighted by atomic mass is 16.5. The molecule has 0 bridgehead atoms. The third kappa shape index (κ3) is 3.35. The van der Waals surface area contributed by atoms with Crippen LogP contribution in [0, 0.1) is 11.8 Å². The monoisotopic (exact) mass is 185 g/mol. The Morgan fingerprint density at radius 2 is 2.00 bits per heavy atom. The van der Waals surface area contributed by atoms with Gasteiger partial charge in [-0.15, -0.1) is 0 Å². The second kappa shape index (κ2) is 5.22. The summed E-state index contributed by atoms with van der Waals surface area (Å²) in [6.45, 7) is 3.65. The Labute approximate surface area is 79.6 Å². The van der Waals surface area contributed by atoms with Gasteiger partial charge in [-0.05, 0) is 38.5 Å². The van der Waals surface area contributed by atoms with Crippen molar-refractivity contribution in [2.24, 2.45) is 17.6 Å². The molecule has 3 heteroatoms. The van der Waals surface area contributed by atoms with E-state index in [1.54, 1.807) is 0 Å². The van der Waals surface area contributed by atoms with E-state index in [9.17, 15) is 4.79 Å². The number of hydrogen-bond donors (Lipinski definition) is 1. The largest absolute Gasteiger partial charge is 0.381 e. The van der Waals surface area contributed by atoms with Gasteiger partial charge in [-0.2, -0.15) is 0 Å². The van der Waals surface area contributed by atoms with Crippen LogP contribution in [-0.2, 0) is 9.53 Å². The molecule has 0 aromatic heterocycles. The van der Waals surface area contributed by atoms with E-state index in [2.05, 4.69) is 0 Å². The first-order valence-corrected chi connectivity index (χ1v) is 5.11. The molecule has 1 aliphatic carbocycles. The Kier molecular flexibility index (Phi) is 4.22. The Balaban J connectivity index is 2.18. The summed E-state index contributed by atoms with van der Waals surface area (Å²) in [5.74, 6) is 0.642. The molecule has 76 valence electrons. The molecule has 13 heavy (non-hydrogen) atoms. The lowest BCUT2D eigenvalue weighted by molar-refractivity contribution is -0.123. The number of carbonyl (C=O) groups excluding carboxylic acids is 1. The summed E-state index contributed by atoms with van der Waals surface area (Å²) in [5.41, 5.74) is 5.24. The third-order valence-electron chi connectivity index (χ3n) is 2.81. The fourth-order valence-corrected chi connectivity index (χ4v) is 1.90. The Bertz CT molecular complexity index is 162. The summed E-state index contributed by atoms with van der Waals surface area (Å²) in [6, 6.07) is 0. The van der Waals surface area contributed by atoms with Crippen molar-refractivity contribution in [2.75, 3.05) is 13.2 Å². The number of amides is 1. The van der Waals surface area contributed by atoms with E-state index in [4.69, 9.17) is 10.5 Å². The predicted molar refractivity (Wildman–Crippen MR) is 51.1 cm³/mol. The van der Waals surface area contributed by atoms with Gasteiger partial charge in [0.25, 0.3) is 0 Å². The average molecular weight is 185 g/mol. The summed E-state index contributed by atoms with van der Waals surface area (Å²) in [4.78, 5) is 10.9. The maximum atomic E-state index is 10.9. The number of carbonyl (C=O) groups is 1. The Morgan fingerprint density at radius 3 is 2.46 bits per heavy atom. The van der Waals surface area contributed by atoms with Crippen molar-refractivity contribution in [3.8, 4) is 0 Å². The van der Waals surface area contributed by atoms with Crippen LogP contribution in [0.5, 0.6) is 0 Å². The maximum Gasteiger partial charge on any atom is 0.220 e. The van der Waals surface area contributed by atoms with Gasteiger partial charge >= 0.3 is 0 Å². The van der Waals surface area contributed by atoms with Gasteiger partial charge in [0.2, 0.25) is 5.91 Å². The van der Waals surface area contributed by atoms with Crippen molar-refractivity contribution < 1.29 is 9.53 Å². The van der Waals surface area contributed by atoms with Gasteiger partial charge in [-0.25, -0.2) is 0 Å². The Hall–Kier alpha value is -0.570. The van der Waals surface area contributed by atoms with Crippen molar-refractivity contribution in [3.05, 3.63) is 0 Å². The molecule has 1 fully saturated rings. The van der Waals surface area contributed by atoms with E-state index in [1.165, 1.54) is 0 Å². The smallest absolute Gasteiger partial charge is 0.220 e. The summed E-state index contributed by atoms with van der Waals surface area (Å²) in [5, 5.41) is 0. The predicted octanol–water partition coefficient (Wildman–Crippen LogP) is 1.31. The van der Waals surface area contributed by atoms with Crippen molar-refractivity contribution in [2.45, 2.75) is 32.6 Å². The molecule has 3 nitrogen and oxygen atoms in total. The summed E-state index contributed by atoms with van der Waals surface area (Å²) < 4.78 is 5.35. The molecule has 0 radical (unpaired) electrons. The second-order valence-corrected chi connectivity index (χ2v) is 3.78. The molecule has 1 saturated carbocycles. The molecule has 0 unspecified atom stereocenters. The van der Waals surface area contributed by atoms with Crippen LogP contribution in [0.4, 0.5) is 0 Å². The van der Waals surface area contributed by atoms with Crippen LogP contribution in [0.1, 0.15) is 32.6 Å². The molecule has 0 saturated heterocycles. The van der Waals surface area contributed by atoms with Crippen molar-refractivity contribution in [1.29, 1.82) is 0 Å².